The number of fused-ring (bicyclic) bond motifs is 5. The van der Waals surface area contributed by atoms with Crippen LogP contribution in [0.25, 0.3) is 0 Å². The molecule has 3 aliphatic carbocycles. The predicted molar refractivity (Wildman–Crippen MR) is 106 cm³/mol. The SMILES string of the molecule is CCC(C)c1ccc(OC(OC2CC3CC2C2CCCC32)C(C)C)cc1. The fourth-order valence-electron chi connectivity index (χ4n) is 5.90. The lowest BCUT2D eigenvalue weighted by molar-refractivity contribution is -0.162. The van der Waals surface area contributed by atoms with E-state index < -0.39 is 0 Å². The second-order valence-corrected chi connectivity index (χ2v) is 9.44. The van der Waals surface area contributed by atoms with Crippen molar-refractivity contribution in [3.63, 3.8) is 0 Å². The molecule has 2 heteroatoms. The van der Waals surface area contributed by atoms with Crippen molar-refractivity contribution in [2.75, 3.05) is 0 Å². The highest BCUT2D eigenvalue weighted by molar-refractivity contribution is 5.29. The average molecular weight is 357 g/mol. The molecule has 0 spiro atoms. The van der Waals surface area contributed by atoms with Gasteiger partial charge >= 0.3 is 0 Å². The Bertz CT molecular complexity index is 593. The third kappa shape index (κ3) is 3.42. The summed E-state index contributed by atoms with van der Waals surface area (Å²) in [5.41, 5.74) is 1.39. The van der Waals surface area contributed by atoms with Gasteiger partial charge in [0.1, 0.15) is 5.75 Å². The molecule has 0 radical (unpaired) electrons. The van der Waals surface area contributed by atoms with Gasteiger partial charge in [0, 0.05) is 5.92 Å². The van der Waals surface area contributed by atoms with Gasteiger partial charge in [-0.15, -0.1) is 0 Å². The predicted octanol–water partition coefficient (Wildman–Crippen LogP) is 6.40. The topological polar surface area (TPSA) is 18.5 Å². The Labute approximate surface area is 159 Å². The Kier molecular flexibility index (Phi) is 5.32. The molecule has 1 aromatic rings. The zero-order valence-electron chi connectivity index (χ0n) is 17.0. The maximum Gasteiger partial charge on any atom is 0.202 e. The molecule has 0 aromatic heterocycles. The Hall–Kier alpha value is -1.02. The molecular weight excluding hydrogens is 320 g/mol. The van der Waals surface area contributed by atoms with E-state index in [0.29, 0.717) is 17.9 Å². The minimum Gasteiger partial charge on any atom is -0.465 e. The molecule has 26 heavy (non-hydrogen) atoms. The summed E-state index contributed by atoms with van der Waals surface area (Å²) < 4.78 is 12.9. The summed E-state index contributed by atoms with van der Waals surface area (Å²) in [6.45, 7) is 8.94. The van der Waals surface area contributed by atoms with Crippen molar-refractivity contribution in [1.82, 2.24) is 0 Å². The Morgan fingerprint density at radius 2 is 1.69 bits per heavy atom. The van der Waals surface area contributed by atoms with Crippen LogP contribution in [-0.2, 0) is 4.74 Å². The second-order valence-electron chi connectivity index (χ2n) is 9.44. The van der Waals surface area contributed by atoms with E-state index in [1.807, 2.05) is 0 Å². The molecule has 1 aromatic carbocycles. The van der Waals surface area contributed by atoms with Crippen LogP contribution in [0.15, 0.2) is 24.3 Å². The van der Waals surface area contributed by atoms with Crippen molar-refractivity contribution < 1.29 is 9.47 Å². The molecule has 7 unspecified atom stereocenters. The summed E-state index contributed by atoms with van der Waals surface area (Å²) in [5, 5.41) is 0. The molecule has 3 fully saturated rings. The van der Waals surface area contributed by atoms with Crippen molar-refractivity contribution in [3.8, 4) is 5.75 Å². The van der Waals surface area contributed by atoms with Crippen molar-refractivity contribution in [2.45, 2.75) is 84.5 Å². The van der Waals surface area contributed by atoms with E-state index in [0.717, 1.165) is 29.4 Å². The molecule has 0 N–H and O–H groups in total. The summed E-state index contributed by atoms with van der Waals surface area (Å²) in [4.78, 5) is 0. The zero-order chi connectivity index (χ0) is 18.3. The van der Waals surface area contributed by atoms with E-state index in [-0.39, 0.29) is 6.29 Å². The van der Waals surface area contributed by atoms with Crippen LogP contribution in [0.3, 0.4) is 0 Å². The van der Waals surface area contributed by atoms with Crippen LogP contribution in [0.1, 0.15) is 77.7 Å². The first-order chi connectivity index (χ1) is 12.6. The molecule has 0 heterocycles. The van der Waals surface area contributed by atoms with Crippen LogP contribution in [0.2, 0.25) is 0 Å². The first-order valence-corrected chi connectivity index (χ1v) is 11.0. The van der Waals surface area contributed by atoms with Crippen molar-refractivity contribution in [2.24, 2.45) is 29.6 Å². The highest BCUT2D eigenvalue weighted by atomic mass is 16.7. The lowest BCUT2D eigenvalue weighted by Gasteiger charge is -2.35. The van der Waals surface area contributed by atoms with Crippen LogP contribution < -0.4 is 4.74 Å². The fraction of sp³-hybridized carbons (Fsp3) is 0.750. The molecular formula is C24H36O2. The first kappa shape index (κ1) is 18.3. The maximum atomic E-state index is 6.60. The molecule has 0 saturated heterocycles. The minimum atomic E-state index is -0.131. The molecule has 7 atom stereocenters. The second kappa shape index (κ2) is 7.54. The quantitative estimate of drug-likeness (QED) is 0.526. The molecule has 144 valence electrons. The van der Waals surface area contributed by atoms with Gasteiger partial charge in [-0.05, 0) is 79.4 Å². The monoisotopic (exact) mass is 356 g/mol. The zero-order valence-corrected chi connectivity index (χ0v) is 17.0. The van der Waals surface area contributed by atoms with Crippen LogP contribution in [-0.4, -0.2) is 12.4 Å². The van der Waals surface area contributed by atoms with Crippen molar-refractivity contribution >= 4 is 0 Å². The lowest BCUT2D eigenvalue weighted by Crippen LogP contribution is -2.37. The Morgan fingerprint density at radius 1 is 0.962 bits per heavy atom. The molecule has 2 bridgehead atoms. The number of hydrogen-bond acceptors (Lipinski definition) is 2. The number of hydrogen-bond donors (Lipinski definition) is 0. The van der Waals surface area contributed by atoms with Gasteiger partial charge in [-0.3, -0.25) is 0 Å². The Balaban J connectivity index is 1.39. The van der Waals surface area contributed by atoms with E-state index in [4.69, 9.17) is 9.47 Å². The Morgan fingerprint density at radius 3 is 2.38 bits per heavy atom. The van der Waals surface area contributed by atoms with Crippen LogP contribution in [0.5, 0.6) is 5.75 Å². The summed E-state index contributed by atoms with van der Waals surface area (Å²) in [7, 11) is 0. The van der Waals surface area contributed by atoms with E-state index in [9.17, 15) is 0 Å². The van der Waals surface area contributed by atoms with E-state index in [2.05, 4.69) is 52.0 Å². The van der Waals surface area contributed by atoms with Gasteiger partial charge in [-0.2, -0.15) is 0 Å². The van der Waals surface area contributed by atoms with Gasteiger partial charge in [0.2, 0.25) is 6.29 Å². The third-order valence-corrected chi connectivity index (χ3v) is 7.53. The molecule has 3 saturated carbocycles. The number of rotatable bonds is 7. The van der Waals surface area contributed by atoms with Gasteiger partial charge in [0.15, 0.2) is 0 Å². The van der Waals surface area contributed by atoms with Gasteiger partial charge in [-0.25, -0.2) is 0 Å². The molecule has 0 amide bonds. The van der Waals surface area contributed by atoms with Crippen LogP contribution in [0, 0.1) is 29.6 Å². The first-order valence-electron chi connectivity index (χ1n) is 11.0. The highest BCUT2D eigenvalue weighted by Gasteiger charge is 2.54. The summed E-state index contributed by atoms with van der Waals surface area (Å²) in [6, 6.07) is 8.66. The number of benzene rings is 1. The minimum absolute atomic E-state index is 0.131. The summed E-state index contributed by atoms with van der Waals surface area (Å²) >= 11 is 0. The standard InChI is InChI=1S/C24H36O2/c1-5-16(4)17-9-11-19(12-10-17)25-24(15(2)3)26-23-14-18-13-22(23)21-8-6-7-20(18)21/h9-12,15-16,18,20-24H,5-8,13-14H2,1-4H3. The third-order valence-electron chi connectivity index (χ3n) is 7.53. The molecule has 0 aliphatic heterocycles. The normalized spacial score (nSPS) is 34.9. The van der Waals surface area contributed by atoms with E-state index in [1.54, 1.807) is 0 Å². The smallest absolute Gasteiger partial charge is 0.202 e. The molecule has 4 rings (SSSR count). The van der Waals surface area contributed by atoms with Crippen LogP contribution in [0.4, 0.5) is 0 Å². The van der Waals surface area contributed by atoms with Gasteiger partial charge in [0.05, 0.1) is 6.10 Å². The average Bonchev–Trinajstić information content (AvgIpc) is 3.34. The van der Waals surface area contributed by atoms with E-state index >= 15 is 0 Å². The molecule has 3 aliphatic rings. The van der Waals surface area contributed by atoms with Crippen molar-refractivity contribution in [3.05, 3.63) is 29.8 Å². The number of ether oxygens (including phenoxy) is 2. The maximum absolute atomic E-state index is 6.60. The largest absolute Gasteiger partial charge is 0.465 e. The fourth-order valence-corrected chi connectivity index (χ4v) is 5.90. The van der Waals surface area contributed by atoms with Gasteiger partial charge in [0.25, 0.3) is 0 Å². The highest BCUT2D eigenvalue weighted by Crippen LogP contribution is 2.59. The molecule has 2 nitrogen and oxygen atoms in total. The summed E-state index contributed by atoms with van der Waals surface area (Å²) in [5.74, 6) is 5.60. The van der Waals surface area contributed by atoms with Gasteiger partial charge < -0.3 is 9.47 Å². The van der Waals surface area contributed by atoms with Gasteiger partial charge in [-0.1, -0.05) is 46.2 Å². The summed E-state index contributed by atoms with van der Waals surface area (Å²) in [6.07, 6.45) is 8.51. The lowest BCUT2D eigenvalue weighted by atomic mass is 9.80. The van der Waals surface area contributed by atoms with Crippen molar-refractivity contribution in [1.29, 1.82) is 0 Å². The van der Waals surface area contributed by atoms with E-state index in [1.165, 1.54) is 44.1 Å². The van der Waals surface area contributed by atoms with Crippen LogP contribution >= 0.6 is 0 Å².